The molecule has 0 saturated carbocycles. The molecule has 7 rings (SSSR count). The first kappa shape index (κ1) is 21.5. The topological polar surface area (TPSA) is 113 Å². The minimum absolute atomic E-state index is 0.0484. The average molecular weight is 492 g/mol. The van der Waals surface area contributed by atoms with Crippen LogP contribution in [0.2, 0.25) is 0 Å². The molecule has 4 aromatic heterocycles. The lowest BCUT2D eigenvalue weighted by molar-refractivity contribution is 0.395. The van der Waals surface area contributed by atoms with Crippen LogP contribution in [0.1, 0.15) is 18.9 Å². The maximum absolute atomic E-state index is 12.7. The number of benzene rings is 2. The van der Waals surface area contributed by atoms with Gasteiger partial charge in [0.05, 0.1) is 28.5 Å². The predicted molar refractivity (Wildman–Crippen MR) is 142 cm³/mol. The Kier molecular flexibility index (Phi) is 4.91. The highest BCUT2D eigenvalue weighted by Gasteiger charge is 2.27. The van der Waals surface area contributed by atoms with Crippen molar-refractivity contribution in [2.45, 2.75) is 18.9 Å². The number of piperidine rings is 1. The zero-order valence-corrected chi connectivity index (χ0v) is 20.3. The summed E-state index contributed by atoms with van der Waals surface area (Å²) in [6.07, 6.45) is 5.09. The van der Waals surface area contributed by atoms with E-state index in [1.165, 1.54) is 0 Å². The van der Waals surface area contributed by atoms with Crippen LogP contribution in [0.3, 0.4) is 0 Å². The minimum Gasteiger partial charge on any atom is -0.355 e. The number of aromatic amines is 2. The minimum atomic E-state index is -0.0484. The fraction of sp³-hybridized carbons (Fsp3) is 0.222. The van der Waals surface area contributed by atoms with Crippen molar-refractivity contribution < 1.29 is 0 Å². The number of rotatable bonds is 4. The molecule has 1 saturated heterocycles. The van der Waals surface area contributed by atoms with Crippen LogP contribution in [0.15, 0.2) is 71.9 Å². The van der Waals surface area contributed by atoms with Crippen molar-refractivity contribution in [3.05, 3.63) is 77.6 Å². The van der Waals surface area contributed by atoms with Gasteiger partial charge < -0.3 is 14.5 Å². The number of hydrogen-bond acceptors (Lipinski definition) is 6. The molecule has 0 amide bonds. The van der Waals surface area contributed by atoms with E-state index in [2.05, 4.69) is 30.0 Å². The summed E-state index contributed by atoms with van der Waals surface area (Å²) in [5.41, 5.74) is 6.20. The van der Waals surface area contributed by atoms with Gasteiger partial charge in [0.2, 0.25) is 0 Å². The predicted octanol–water partition coefficient (Wildman–Crippen LogP) is 3.90. The number of aryl methyl sites for hydroxylation is 1. The molecule has 5 heterocycles. The molecule has 37 heavy (non-hydrogen) atoms. The summed E-state index contributed by atoms with van der Waals surface area (Å²) in [4.78, 5) is 32.1. The third-order valence-electron chi connectivity index (χ3n) is 7.33. The Hall–Kier alpha value is -4.73. The number of imidazole rings is 2. The highest BCUT2D eigenvalue weighted by atomic mass is 16.1. The second kappa shape index (κ2) is 8.44. The summed E-state index contributed by atoms with van der Waals surface area (Å²) in [5.74, 6) is 1.60. The first-order chi connectivity index (χ1) is 18.2. The van der Waals surface area contributed by atoms with Crippen LogP contribution in [-0.2, 0) is 7.05 Å². The van der Waals surface area contributed by atoms with E-state index in [9.17, 15) is 4.79 Å². The van der Waals surface area contributed by atoms with Gasteiger partial charge in [0.15, 0.2) is 17.0 Å². The van der Waals surface area contributed by atoms with Crippen molar-refractivity contribution >= 4 is 28.0 Å². The number of anilines is 1. The number of aromatic nitrogens is 8. The maximum Gasteiger partial charge on any atom is 0.326 e. The number of para-hydroxylation sites is 2. The lowest BCUT2D eigenvalue weighted by Gasteiger charge is -2.33. The first-order valence-corrected chi connectivity index (χ1v) is 12.4. The van der Waals surface area contributed by atoms with Crippen LogP contribution in [0, 0.1) is 0 Å². The Morgan fingerprint density at radius 1 is 0.973 bits per heavy atom. The highest BCUT2D eigenvalue weighted by Crippen LogP contribution is 2.34. The number of H-pyrrole nitrogens is 2. The third-order valence-corrected chi connectivity index (χ3v) is 7.33. The number of fused-ring (bicyclic) bond motifs is 2. The van der Waals surface area contributed by atoms with Gasteiger partial charge >= 0.3 is 5.69 Å². The van der Waals surface area contributed by atoms with E-state index in [0.29, 0.717) is 0 Å². The van der Waals surface area contributed by atoms with E-state index in [1.807, 2.05) is 70.8 Å². The van der Waals surface area contributed by atoms with E-state index < -0.39 is 0 Å². The smallest absolute Gasteiger partial charge is 0.326 e. The monoisotopic (exact) mass is 491 g/mol. The fourth-order valence-corrected chi connectivity index (χ4v) is 5.51. The van der Waals surface area contributed by atoms with Crippen LogP contribution in [-0.4, -0.2) is 52.4 Å². The van der Waals surface area contributed by atoms with Crippen molar-refractivity contribution in [1.29, 1.82) is 0 Å². The number of hydrogen-bond donors (Lipinski definition) is 2. The molecule has 2 aromatic carbocycles. The molecule has 1 aliphatic heterocycles. The molecular weight excluding hydrogens is 466 g/mol. The Bertz CT molecular complexity index is 1790. The summed E-state index contributed by atoms with van der Waals surface area (Å²) < 4.78 is 3.90. The van der Waals surface area contributed by atoms with Gasteiger partial charge in [0.1, 0.15) is 12.2 Å². The molecule has 10 heteroatoms. The van der Waals surface area contributed by atoms with Gasteiger partial charge in [-0.25, -0.2) is 19.7 Å². The van der Waals surface area contributed by atoms with E-state index in [1.54, 1.807) is 12.5 Å². The maximum atomic E-state index is 12.7. The van der Waals surface area contributed by atoms with Gasteiger partial charge in [-0.2, -0.15) is 5.10 Å². The van der Waals surface area contributed by atoms with Gasteiger partial charge in [-0.1, -0.05) is 42.5 Å². The average Bonchev–Trinajstić information content (AvgIpc) is 3.64. The van der Waals surface area contributed by atoms with E-state index in [-0.39, 0.29) is 11.7 Å². The van der Waals surface area contributed by atoms with Crippen LogP contribution in [0.25, 0.3) is 44.8 Å². The summed E-state index contributed by atoms with van der Waals surface area (Å²) >= 11 is 0. The molecule has 0 radical (unpaired) electrons. The number of nitrogens with zero attached hydrogens (tertiary/aromatic N) is 7. The normalized spacial score (nSPS) is 14.7. The fourth-order valence-electron chi connectivity index (χ4n) is 5.51. The molecule has 1 aliphatic rings. The summed E-state index contributed by atoms with van der Waals surface area (Å²) in [6, 6.07) is 18.1. The van der Waals surface area contributed by atoms with Crippen LogP contribution in [0.4, 0.5) is 5.82 Å². The van der Waals surface area contributed by atoms with E-state index >= 15 is 0 Å². The zero-order valence-electron chi connectivity index (χ0n) is 20.3. The SMILES string of the molecule is Cn1c(-c2cn[nH]c2-c2ccccc2)nc2c(N3CCC(n4c(=O)[nH]c5ccccc54)CC3)ncnc21. The van der Waals surface area contributed by atoms with E-state index in [0.717, 1.165) is 76.6 Å². The quantitative estimate of drug-likeness (QED) is 0.387. The van der Waals surface area contributed by atoms with Crippen LogP contribution >= 0.6 is 0 Å². The summed E-state index contributed by atoms with van der Waals surface area (Å²) in [7, 11) is 1.97. The molecule has 184 valence electrons. The molecule has 0 aliphatic carbocycles. The Morgan fingerprint density at radius 3 is 2.59 bits per heavy atom. The molecule has 6 aromatic rings. The molecule has 10 nitrogen and oxygen atoms in total. The molecule has 0 atom stereocenters. The van der Waals surface area contributed by atoms with Gasteiger partial charge in [-0.3, -0.25) is 9.67 Å². The molecule has 2 N–H and O–H groups in total. The van der Waals surface area contributed by atoms with E-state index in [4.69, 9.17) is 4.98 Å². The second-order valence-electron chi connectivity index (χ2n) is 9.42. The third kappa shape index (κ3) is 3.44. The van der Waals surface area contributed by atoms with Crippen molar-refractivity contribution in [2.75, 3.05) is 18.0 Å². The van der Waals surface area contributed by atoms with Crippen LogP contribution in [0.5, 0.6) is 0 Å². The second-order valence-corrected chi connectivity index (χ2v) is 9.42. The van der Waals surface area contributed by atoms with Crippen molar-refractivity contribution in [3.8, 4) is 22.6 Å². The summed E-state index contributed by atoms with van der Waals surface area (Å²) in [5, 5.41) is 7.43. The van der Waals surface area contributed by atoms with Crippen molar-refractivity contribution in [1.82, 2.24) is 39.3 Å². The van der Waals surface area contributed by atoms with Gasteiger partial charge in [-0.05, 0) is 25.0 Å². The zero-order chi connectivity index (χ0) is 24.9. The molecule has 0 bridgehead atoms. The van der Waals surface area contributed by atoms with Gasteiger partial charge in [-0.15, -0.1) is 0 Å². The largest absolute Gasteiger partial charge is 0.355 e. The van der Waals surface area contributed by atoms with Gasteiger partial charge in [0.25, 0.3) is 0 Å². The lowest BCUT2D eigenvalue weighted by atomic mass is 10.0. The molecule has 1 fully saturated rings. The van der Waals surface area contributed by atoms with Crippen molar-refractivity contribution in [3.63, 3.8) is 0 Å². The highest BCUT2D eigenvalue weighted by molar-refractivity contribution is 5.89. The molecule has 0 unspecified atom stereocenters. The Balaban J connectivity index is 1.22. The Labute approximate surface area is 211 Å². The first-order valence-electron chi connectivity index (χ1n) is 12.4. The Morgan fingerprint density at radius 2 is 1.76 bits per heavy atom. The number of nitrogens with one attached hydrogen (secondary N) is 2. The molecular formula is C27H25N9O. The standard InChI is InChI=1S/C27H25N9O/c1-34-24(19-15-30-33-22(19)17-7-3-2-4-8-17)32-23-25(34)28-16-29-26(23)35-13-11-18(12-14-35)36-21-10-6-5-9-20(21)31-27(36)37/h2-10,15-16,18H,11-14H2,1H3,(H,30,33)(H,31,37). The van der Waals surface area contributed by atoms with Crippen LogP contribution < -0.4 is 10.6 Å². The molecule has 0 spiro atoms. The lowest BCUT2D eigenvalue weighted by Crippen LogP contribution is -2.37. The van der Waals surface area contributed by atoms with Crippen molar-refractivity contribution in [2.24, 2.45) is 7.05 Å². The summed E-state index contributed by atoms with van der Waals surface area (Å²) in [6.45, 7) is 1.55. The van der Waals surface area contributed by atoms with Gasteiger partial charge in [0, 0.05) is 31.7 Å².